The molecule has 1 fully saturated rings. The summed E-state index contributed by atoms with van der Waals surface area (Å²) in [6, 6.07) is -2.70. The summed E-state index contributed by atoms with van der Waals surface area (Å²) in [5, 5.41) is 36.8. The molecular weight excluding hydrogens is 782 g/mol. The normalized spacial score (nSPS) is 22.7. The SMILES string of the molecule is C/C=C1\NC(=O)[C@H](C)NC(=O)[C@@H](NC(=O)[C@@H](Cc2ccc(O)cc2)NC(=O)[C@@H](NC(=O)/C(C)=C/C)C(C)C)[C@@H](C)OC(=O)[C@H](CC(C)C)NC(=O)[C@@H](CCC(=O)O)NC1=O. The van der Waals surface area contributed by atoms with Crippen molar-refractivity contribution >= 4 is 53.3 Å². The van der Waals surface area contributed by atoms with Gasteiger partial charge in [-0.3, -0.25) is 38.4 Å². The number of aliphatic carboxylic acids is 1. The summed E-state index contributed by atoms with van der Waals surface area (Å²) < 4.78 is 5.70. The molecule has 60 heavy (non-hydrogen) atoms. The van der Waals surface area contributed by atoms with Crippen LogP contribution in [0.2, 0.25) is 0 Å². The van der Waals surface area contributed by atoms with E-state index in [-0.39, 0.29) is 36.6 Å². The third kappa shape index (κ3) is 15.5. The second-order valence-corrected chi connectivity index (χ2v) is 15.3. The summed E-state index contributed by atoms with van der Waals surface area (Å²) in [7, 11) is 0. The van der Waals surface area contributed by atoms with E-state index in [9.17, 15) is 53.4 Å². The fraction of sp³-hybridized carbons (Fsp3) is 0.537. The van der Waals surface area contributed by atoms with E-state index in [0.717, 1.165) is 0 Å². The number of amides is 7. The van der Waals surface area contributed by atoms with Gasteiger partial charge in [-0.1, -0.05) is 52.0 Å². The van der Waals surface area contributed by atoms with Crippen LogP contribution >= 0.6 is 0 Å². The lowest BCUT2D eigenvalue weighted by atomic mass is 10.00. The van der Waals surface area contributed by atoms with E-state index < -0.39 is 108 Å². The molecule has 0 saturated carbocycles. The third-order valence-electron chi connectivity index (χ3n) is 9.51. The summed E-state index contributed by atoms with van der Waals surface area (Å²) in [6.45, 7) is 14.1. The molecule has 0 radical (unpaired) electrons. The van der Waals surface area contributed by atoms with E-state index in [1.807, 2.05) is 0 Å². The number of ether oxygens (including phenoxy) is 1. The predicted octanol–water partition coefficient (Wildman–Crippen LogP) is 0.362. The Bertz CT molecular complexity index is 1830. The van der Waals surface area contributed by atoms with Crippen LogP contribution in [0.3, 0.4) is 0 Å². The molecule has 330 valence electrons. The Balaban J connectivity index is 2.63. The maximum absolute atomic E-state index is 14.3. The van der Waals surface area contributed by atoms with E-state index >= 15 is 0 Å². The average Bonchev–Trinajstić information content (AvgIpc) is 3.17. The minimum absolute atomic E-state index is 0.00911. The van der Waals surface area contributed by atoms with Gasteiger partial charge in [0, 0.05) is 18.4 Å². The molecule has 0 aromatic heterocycles. The summed E-state index contributed by atoms with van der Waals surface area (Å²) >= 11 is 0. The Morgan fingerprint density at radius 1 is 0.850 bits per heavy atom. The molecule has 19 nitrogen and oxygen atoms in total. The lowest BCUT2D eigenvalue weighted by molar-refractivity contribution is -0.156. The highest BCUT2D eigenvalue weighted by atomic mass is 16.5. The molecule has 1 aliphatic heterocycles. The Morgan fingerprint density at radius 3 is 2.03 bits per heavy atom. The molecule has 0 unspecified atom stereocenters. The smallest absolute Gasteiger partial charge is 0.328 e. The molecule has 2 rings (SSSR count). The second-order valence-electron chi connectivity index (χ2n) is 15.3. The largest absolute Gasteiger partial charge is 0.508 e. The van der Waals surface area contributed by atoms with Crippen LogP contribution in [0, 0.1) is 11.8 Å². The number of benzene rings is 1. The van der Waals surface area contributed by atoms with Gasteiger partial charge in [0.25, 0.3) is 5.91 Å². The van der Waals surface area contributed by atoms with Gasteiger partial charge in [-0.25, -0.2) is 4.79 Å². The minimum atomic E-state index is -1.73. The molecule has 0 spiro atoms. The first kappa shape index (κ1) is 49.9. The number of esters is 1. The third-order valence-corrected chi connectivity index (χ3v) is 9.51. The summed E-state index contributed by atoms with van der Waals surface area (Å²) in [5.41, 5.74) is 0.498. The molecule has 1 aliphatic rings. The Hall–Kier alpha value is -6.27. The molecule has 7 amide bonds. The Kier molecular flexibility index (Phi) is 19.4. The fourth-order valence-corrected chi connectivity index (χ4v) is 5.84. The standard InChI is InChI=1S/C41H59N7O12/c1-10-22(7)34(52)47-32(21(5)6)39(57)45-29(19-25-12-14-26(49)15-13-25)38(56)48-33-24(9)60-41(59)30(18-20(3)4)46-37(55)28(16-17-31(50)51)44-36(54)27(11-2)43-35(53)23(8)42-40(33)58/h10-15,20-21,23-24,28-30,32-33,49H,16-19H2,1-9H3,(H,42,58)(H,43,53)(H,44,54)(H,45,57)(H,46,55)(H,47,52)(H,48,56)(H,50,51)/b22-10+,27-11-/t23-,24+,28+,29+,30-,32-,33-/m0/s1. The van der Waals surface area contributed by atoms with E-state index in [4.69, 9.17) is 4.74 Å². The summed E-state index contributed by atoms with van der Waals surface area (Å²) in [6.07, 6.45) is 0.231. The molecule has 7 atom stereocenters. The van der Waals surface area contributed by atoms with Crippen LogP contribution < -0.4 is 37.2 Å². The van der Waals surface area contributed by atoms with Crippen molar-refractivity contribution in [2.24, 2.45) is 11.8 Å². The van der Waals surface area contributed by atoms with Crippen molar-refractivity contribution in [2.45, 2.75) is 130 Å². The molecule has 0 bridgehead atoms. The van der Waals surface area contributed by atoms with Crippen molar-refractivity contribution in [1.29, 1.82) is 0 Å². The van der Waals surface area contributed by atoms with Crippen molar-refractivity contribution in [3.63, 3.8) is 0 Å². The summed E-state index contributed by atoms with van der Waals surface area (Å²) in [4.78, 5) is 120. The molecule has 1 heterocycles. The molecule has 9 N–H and O–H groups in total. The molecule has 19 heteroatoms. The average molecular weight is 842 g/mol. The molecule has 1 aromatic rings. The van der Waals surface area contributed by atoms with Crippen molar-refractivity contribution in [2.75, 3.05) is 0 Å². The van der Waals surface area contributed by atoms with Crippen LogP contribution in [0.1, 0.15) is 87.1 Å². The molecule has 1 saturated heterocycles. The number of phenolic OH excluding ortho intramolecular Hbond substituents is 1. The van der Waals surface area contributed by atoms with Gasteiger partial charge < -0.3 is 52.2 Å². The van der Waals surface area contributed by atoms with Gasteiger partial charge >= 0.3 is 11.9 Å². The van der Waals surface area contributed by atoms with Gasteiger partial charge in [0.15, 0.2) is 0 Å². The van der Waals surface area contributed by atoms with Crippen molar-refractivity contribution in [1.82, 2.24) is 37.2 Å². The number of rotatable bonds is 14. The number of aromatic hydroxyl groups is 1. The second kappa shape index (κ2) is 23.4. The van der Waals surface area contributed by atoms with Gasteiger partial charge in [-0.2, -0.15) is 0 Å². The van der Waals surface area contributed by atoms with Crippen LogP contribution in [0.5, 0.6) is 5.75 Å². The molecular formula is C41H59N7O12. The van der Waals surface area contributed by atoms with Crippen molar-refractivity contribution in [3.8, 4) is 5.75 Å². The first-order valence-corrected chi connectivity index (χ1v) is 19.7. The minimum Gasteiger partial charge on any atom is -0.508 e. The number of carbonyl (C=O) groups is 9. The van der Waals surface area contributed by atoms with E-state index in [1.165, 1.54) is 51.1 Å². The first-order valence-electron chi connectivity index (χ1n) is 19.7. The van der Waals surface area contributed by atoms with Crippen LogP contribution in [0.4, 0.5) is 0 Å². The zero-order chi connectivity index (χ0) is 45.4. The van der Waals surface area contributed by atoms with Crippen LogP contribution in [0.15, 0.2) is 47.7 Å². The number of carboxylic acids is 1. The zero-order valence-electron chi connectivity index (χ0n) is 35.5. The monoisotopic (exact) mass is 841 g/mol. The number of hydrogen-bond acceptors (Lipinski definition) is 11. The predicted molar refractivity (Wildman–Crippen MR) is 217 cm³/mol. The topological polar surface area (TPSA) is 288 Å². The van der Waals surface area contributed by atoms with E-state index in [2.05, 4.69) is 37.2 Å². The van der Waals surface area contributed by atoms with Gasteiger partial charge in [0.05, 0.1) is 0 Å². The number of cyclic esters (lactones) is 1. The maximum atomic E-state index is 14.3. The van der Waals surface area contributed by atoms with Gasteiger partial charge in [-0.15, -0.1) is 0 Å². The number of carboxylic acid groups (broad SMARTS) is 1. The lowest BCUT2D eigenvalue weighted by Gasteiger charge is -2.30. The molecule has 1 aromatic carbocycles. The van der Waals surface area contributed by atoms with Gasteiger partial charge in [0.2, 0.25) is 35.4 Å². The van der Waals surface area contributed by atoms with Crippen LogP contribution in [0.25, 0.3) is 0 Å². The fourth-order valence-electron chi connectivity index (χ4n) is 5.84. The van der Waals surface area contributed by atoms with Gasteiger partial charge in [0.1, 0.15) is 53.8 Å². The Morgan fingerprint density at radius 2 is 1.48 bits per heavy atom. The number of allylic oxidation sites excluding steroid dienone is 2. The van der Waals surface area contributed by atoms with Gasteiger partial charge in [-0.05, 0) is 77.0 Å². The van der Waals surface area contributed by atoms with Crippen LogP contribution in [-0.4, -0.2) is 106 Å². The highest BCUT2D eigenvalue weighted by molar-refractivity contribution is 6.02. The quantitative estimate of drug-likeness (QED) is 0.0907. The summed E-state index contributed by atoms with van der Waals surface area (Å²) in [5.74, 6) is -8.98. The number of hydrogen-bond donors (Lipinski definition) is 9. The Labute approximate surface area is 349 Å². The zero-order valence-corrected chi connectivity index (χ0v) is 35.5. The first-order chi connectivity index (χ1) is 28.1. The number of phenols is 1. The number of nitrogens with one attached hydrogen (secondary N) is 7. The van der Waals surface area contributed by atoms with Crippen molar-refractivity contribution in [3.05, 3.63) is 53.3 Å². The van der Waals surface area contributed by atoms with E-state index in [1.54, 1.807) is 47.6 Å². The molecule has 0 aliphatic carbocycles. The van der Waals surface area contributed by atoms with E-state index in [0.29, 0.717) is 11.1 Å². The van der Waals surface area contributed by atoms with Crippen LogP contribution in [-0.2, 0) is 54.3 Å². The maximum Gasteiger partial charge on any atom is 0.328 e. The number of carbonyl (C=O) groups excluding carboxylic acids is 8. The van der Waals surface area contributed by atoms with Crippen molar-refractivity contribution < 1.29 is 58.1 Å². The lowest BCUT2D eigenvalue weighted by Crippen LogP contribution is -2.62. The highest BCUT2D eigenvalue weighted by Gasteiger charge is 2.38. The highest BCUT2D eigenvalue weighted by Crippen LogP contribution is 2.15.